The van der Waals surface area contributed by atoms with E-state index in [1.165, 1.54) is 9.75 Å². The average molecular weight is 336 g/mol. The van der Waals surface area contributed by atoms with Crippen LogP contribution < -0.4 is 5.32 Å². The van der Waals surface area contributed by atoms with Gasteiger partial charge in [-0.25, -0.2) is 4.79 Å². The average Bonchev–Trinajstić information content (AvgIpc) is 3.21. The van der Waals surface area contributed by atoms with Crippen molar-refractivity contribution in [1.29, 1.82) is 0 Å². The number of carbonyl (C=O) groups is 2. The fourth-order valence-electron chi connectivity index (χ4n) is 3.30. The second kappa shape index (κ2) is 6.91. The molecule has 0 bridgehead atoms. The van der Waals surface area contributed by atoms with E-state index in [1.807, 2.05) is 4.90 Å². The third kappa shape index (κ3) is 3.86. The largest absolute Gasteiger partial charge is 0.450 e. The molecule has 23 heavy (non-hydrogen) atoms. The molecule has 1 saturated carbocycles. The van der Waals surface area contributed by atoms with E-state index in [1.54, 1.807) is 18.3 Å². The van der Waals surface area contributed by atoms with Gasteiger partial charge in [-0.05, 0) is 45.2 Å². The van der Waals surface area contributed by atoms with Gasteiger partial charge in [-0.3, -0.25) is 4.79 Å². The third-order valence-electron chi connectivity index (χ3n) is 4.56. The summed E-state index contributed by atoms with van der Waals surface area (Å²) in [7, 11) is 0. The molecule has 1 aliphatic heterocycles. The predicted molar refractivity (Wildman–Crippen MR) is 89.7 cm³/mol. The highest BCUT2D eigenvalue weighted by Crippen LogP contribution is 2.50. The SMILES string of the molecule is CCOC(=O)N[C@@H]1CCCN(C(=O)[C@@H]2C[C@@H]2c2ccc(C)s2)C1. The summed E-state index contributed by atoms with van der Waals surface area (Å²) in [5.74, 6) is 0.783. The lowest BCUT2D eigenvalue weighted by atomic mass is 10.1. The van der Waals surface area contributed by atoms with E-state index in [0.717, 1.165) is 25.8 Å². The Labute approximate surface area is 141 Å². The van der Waals surface area contributed by atoms with Crippen molar-refractivity contribution < 1.29 is 14.3 Å². The van der Waals surface area contributed by atoms with Crippen molar-refractivity contribution >= 4 is 23.3 Å². The molecule has 5 nitrogen and oxygen atoms in total. The summed E-state index contributed by atoms with van der Waals surface area (Å²) in [4.78, 5) is 28.8. The Bertz CT molecular complexity index is 586. The molecule has 2 aliphatic rings. The number of piperidine rings is 1. The molecule has 2 fully saturated rings. The van der Waals surface area contributed by atoms with Crippen molar-refractivity contribution in [3.05, 3.63) is 21.9 Å². The van der Waals surface area contributed by atoms with E-state index in [4.69, 9.17) is 4.74 Å². The van der Waals surface area contributed by atoms with Crippen LogP contribution in [0.2, 0.25) is 0 Å². The van der Waals surface area contributed by atoms with E-state index in [-0.39, 0.29) is 24.0 Å². The van der Waals surface area contributed by atoms with Gasteiger partial charge < -0.3 is 15.0 Å². The van der Waals surface area contributed by atoms with Crippen molar-refractivity contribution in [3.63, 3.8) is 0 Å². The van der Waals surface area contributed by atoms with Gasteiger partial charge in [0.1, 0.15) is 0 Å². The maximum absolute atomic E-state index is 12.7. The zero-order valence-electron chi connectivity index (χ0n) is 13.7. The Morgan fingerprint density at radius 2 is 2.26 bits per heavy atom. The normalized spacial score (nSPS) is 26.7. The highest BCUT2D eigenvalue weighted by Gasteiger charge is 2.47. The van der Waals surface area contributed by atoms with Gasteiger partial charge in [0.05, 0.1) is 6.61 Å². The second-order valence-corrected chi connectivity index (χ2v) is 7.70. The molecule has 2 heterocycles. The number of likely N-dealkylation sites (tertiary alicyclic amines) is 1. The Hall–Kier alpha value is -1.56. The van der Waals surface area contributed by atoms with Gasteiger partial charge in [0.15, 0.2) is 0 Å². The van der Waals surface area contributed by atoms with Gasteiger partial charge >= 0.3 is 6.09 Å². The molecule has 6 heteroatoms. The molecule has 0 aromatic carbocycles. The summed E-state index contributed by atoms with van der Waals surface area (Å²) in [6.45, 7) is 5.65. The van der Waals surface area contributed by atoms with Crippen LogP contribution in [0.5, 0.6) is 0 Å². The molecule has 1 aliphatic carbocycles. The minimum absolute atomic E-state index is 0.00734. The van der Waals surface area contributed by atoms with Crippen molar-refractivity contribution in [2.45, 2.75) is 45.1 Å². The van der Waals surface area contributed by atoms with Crippen LogP contribution >= 0.6 is 11.3 Å². The zero-order valence-corrected chi connectivity index (χ0v) is 14.5. The zero-order chi connectivity index (χ0) is 16.4. The van der Waals surface area contributed by atoms with E-state index in [0.29, 0.717) is 19.1 Å². The Kier molecular flexibility index (Phi) is 4.90. The monoisotopic (exact) mass is 336 g/mol. The fourth-order valence-corrected chi connectivity index (χ4v) is 4.36. The number of hydrogen-bond acceptors (Lipinski definition) is 4. The number of nitrogens with zero attached hydrogens (tertiary/aromatic N) is 1. The van der Waals surface area contributed by atoms with E-state index >= 15 is 0 Å². The van der Waals surface area contributed by atoms with Crippen molar-refractivity contribution in [2.75, 3.05) is 19.7 Å². The van der Waals surface area contributed by atoms with Crippen LogP contribution in [0.3, 0.4) is 0 Å². The van der Waals surface area contributed by atoms with Crippen molar-refractivity contribution in [2.24, 2.45) is 5.92 Å². The maximum Gasteiger partial charge on any atom is 0.407 e. The molecule has 0 radical (unpaired) electrons. The first kappa shape index (κ1) is 16.3. The highest BCUT2D eigenvalue weighted by molar-refractivity contribution is 7.12. The second-order valence-electron chi connectivity index (χ2n) is 6.39. The Morgan fingerprint density at radius 3 is 2.96 bits per heavy atom. The summed E-state index contributed by atoms with van der Waals surface area (Å²) < 4.78 is 4.93. The Morgan fingerprint density at radius 1 is 1.43 bits per heavy atom. The molecular formula is C17H24N2O3S. The number of rotatable bonds is 4. The molecule has 3 rings (SSSR count). The smallest absolute Gasteiger partial charge is 0.407 e. The molecular weight excluding hydrogens is 312 g/mol. The van der Waals surface area contributed by atoms with Gasteiger partial charge in [0, 0.05) is 40.7 Å². The van der Waals surface area contributed by atoms with Crippen LogP contribution in [-0.2, 0) is 9.53 Å². The van der Waals surface area contributed by atoms with E-state index in [2.05, 4.69) is 24.4 Å². The minimum atomic E-state index is -0.384. The van der Waals surface area contributed by atoms with Gasteiger partial charge in [-0.1, -0.05) is 0 Å². The maximum atomic E-state index is 12.7. The summed E-state index contributed by atoms with van der Waals surface area (Å²) >= 11 is 1.80. The molecule has 1 aromatic rings. The molecule has 1 aromatic heterocycles. The number of alkyl carbamates (subject to hydrolysis) is 1. The lowest BCUT2D eigenvalue weighted by Crippen LogP contribution is -2.50. The van der Waals surface area contributed by atoms with Crippen LogP contribution in [0.1, 0.15) is 41.9 Å². The topological polar surface area (TPSA) is 58.6 Å². The van der Waals surface area contributed by atoms with E-state index < -0.39 is 0 Å². The first-order chi connectivity index (χ1) is 11.1. The predicted octanol–water partition coefficient (Wildman–Crippen LogP) is 2.90. The van der Waals surface area contributed by atoms with Gasteiger partial charge in [0.25, 0.3) is 0 Å². The molecule has 1 saturated heterocycles. The van der Waals surface area contributed by atoms with Crippen LogP contribution in [-0.4, -0.2) is 42.6 Å². The number of hydrogen-bond donors (Lipinski definition) is 1. The van der Waals surface area contributed by atoms with Gasteiger partial charge in [-0.15, -0.1) is 11.3 Å². The van der Waals surface area contributed by atoms with Crippen LogP contribution in [0, 0.1) is 12.8 Å². The highest BCUT2D eigenvalue weighted by atomic mass is 32.1. The lowest BCUT2D eigenvalue weighted by Gasteiger charge is -2.33. The first-order valence-corrected chi connectivity index (χ1v) is 9.18. The summed E-state index contributed by atoms with van der Waals surface area (Å²) in [6.07, 6.45) is 2.41. The molecule has 126 valence electrons. The van der Waals surface area contributed by atoms with Gasteiger partial charge in [-0.2, -0.15) is 0 Å². The third-order valence-corrected chi connectivity index (χ3v) is 5.70. The summed E-state index contributed by atoms with van der Waals surface area (Å²) in [5.41, 5.74) is 0. The lowest BCUT2D eigenvalue weighted by molar-refractivity contribution is -0.134. The molecule has 0 unspecified atom stereocenters. The standard InChI is InChI=1S/C17H24N2O3S/c1-3-22-17(21)18-12-5-4-8-19(10-12)16(20)14-9-13(14)15-7-6-11(2)23-15/h6-7,12-14H,3-5,8-10H2,1-2H3,(H,18,21)/t12-,13+,14-/m1/s1. The number of nitrogens with one attached hydrogen (secondary N) is 1. The van der Waals surface area contributed by atoms with Crippen LogP contribution in [0.15, 0.2) is 12.1 Å². The van der Waals surface area contributed by atoms with Crippen LogP contribution in [0.25, 0.3) is 0 Å². The number of aryl methyl sites for hydroxylation is 1. The summed E-state index contributed by atoms with van der Waals surface area (Å²) in [6, 6.07) is 4.28. The van der Waals surface area contributed by atoms with Crippen molar-refractivity contribution in [3.8, 4) is 0 Å². The number of ether oxygens (including phenoxy) is 1. The first-order valence-electron chi connectivity index (χ1n) is 8.37. The number of carbonyl (C=O) groups excluding carboxylic acids is 2. The van der Waals surface area contributed by atoms with Gasteiger partial charge in [0.2, 0.25) is 5.91 Å². The molecule has 2 amide bonds. The molecule has 0 spiro atoms. The van der Waals surface area contributed by atoms with Crippen molar-refractivity contribution in [1.82, 2.24) is 10.2 Å². The Balaban J connectivity index is 1.53. The number of amides is 2. The fraction of sp³-hybridized carbons (Fsp3) is 0.647. The quantitative estimate of drug-likeness (QED) is 0.920. The molecule has 3 atom stereocenters. The molecule has 1 N–H and O–H groups in total. The van der Waals surface area contributed by atoms with Crippen LogP contribution in [0.4, 0.5) is 4.79 Å². The summed E-state index contributed by atoms with van der Waals surface area (Å²) in [5, 5.41) is 2.86. The number of thiophene rings is 1. The minimum Gasteiger partial charge on any atom is -0.450 e. The van der Waals surface area contributed by atoms with E-state index in [9.17, 15) is 9.59 Å².